The van der Waals surface area contributed by atoms with Gasteiger partial charge >= 0.3 is 0 Å². The molecule has 3 aliphatic rings. The monoisotopic (exact) mass is 730 g/mol. The zero-order valence-electron chi connectivity index (χ0n) is 32.1. The minimum atomic E-state index is -0.873. The normalized spacial score (nSPS) is 18.7. The molecule has 1 fully saturated rings. The molecule has 0 N–H and O–H groups in total. The van der Waals surface area contributed by atoms with Crippen LogP contribution in [0.15, 0.2) is 60.7 Å². The topological polar surface area (TPSA) is 85.4 Å². The molecule has 0 unspecified atom stereocenters. The highest BCUT2D eigenvalue weighted by Gasteiger charge is 2.56. The van der Waals surface area contributed by atoms with Crippen molar-refractivity contribution < 1.29 is 33.2 Å². The molecule has 0 atom stereocenters. The molecule has 0 radical (unpaired) electrons. The van der Waals surface area contributed by atoms with Crippen LogP contribution in [0.1, 0.15) is 54.7 Å². The quantitative estimate of drug-likeness (QED) is 0.276. The van der Waals surface area contributed by atoms with E-state index in [0.717, 1.165) is 71.3 Å². The largest absolute Gasteiger partial charge is 0.456 e. The van der Waals surface area contributed by atoms with Crippen molar-refractivity contribution in [2.75, 3.05) is 128 Å². The van der Waals surface area contributed by atoms with E-state index in [2.05, 4.69) is 89.8 Å². The van der Waals surface area contributed by atoms with Crippen LogP contribution in [0.4, 0.5) is 11.4 Å². The van der Waals surface area contributed by atoms with Gasteiger partial charge in [0.2, 0.25) is 0 Å². The Morgan fingerprint density at radius 2 is 1.02 bits per heavy atom. The van der Waals surface area contributed by atoms with Crippen molar-refractivity contribution in [1.29, 1.82) is 0 Å². The summed E-state index contributed by atoms with van der Waals surface area (Å²) in [5, 5.41) is 0. The number of rotatable bonds is 9. The van der Waals surface area contributed by atoms with Gasteiger partial charge in [-0.3, -0.25) is 9.69 Å². The van der Waals surface area contributed by atoms with Crippen molar-refractivity contribution in [1.82, 2.24) is 9.80 Å². The number of ether oxygens (including phenoxy) is 6. The van der Waals surface area contributed by atoms with Crippen LogP contribution in [0.25, 0.3) is 0 Å². The standard InChI is InChI=1S/C42H58N4O7/c1-5-44(6-2)33-13-15-37-39(31-33)53-40-32-34(45(7-3)8-4)14-16-38(40)42(37)36-12-10-9-11-35(36)41(47)46(42)18-17-43-19-21-48-23-25-50-27-29-52-30-28-51-26-24-49-22-20-43/h9-16,31-32H,5-8,17-30H2,1-4H3. The Morgan fingerprint density at radius 3 is 1.49 bits per heavy atom. The molecule has 0 aromatic heterocycles. The summed E-state index contributed by atoms with van der Waals surface area (Å²) >= 11 is 0. The van der Waals surface area contributed by atoms with E-state index in [-0.39, 0.29) is 5.91 Å². The van der Waals surface area contributed by atoms with E-state index in [1.54, 1.807) is 0 Å². The minimum Gasteiger partial charge on any atom is -0.456 e. The Morgan fingerprint density at radius 1 is 0.566 bits per heavy atom. The van der Waals surface area contributed by atoms with Gasteiger partial charge in [-0.1, -0.05) is 30.3 Å². The van der Waals surface area contributed by atoms with Crippen LogP contribution in [0, 0.1) is 0 Å². The summed E-state index contributed by atoms with van der Waals surface area (Å²) in [4.78, 5) is 23.8. The van der Waals surface area contributed by atoms with Crippen LogP contribution < -0.4 is 14.5 Å². The second-order valence-corrected chi connectivity index (χ2v) is 13.4. The molecular formula is C42H58N4O7. The summed E-state index contributed by atoms with van der Waals surface area (Å²) in [5.74, 6) is 1.58. The van der Waals surface area contributed by atoms with Gasteiger partial charge in [-0.2, -0.15) is 0 Å². The van der Waals surface area contributed by atoms with Gasteiger partial charge in [-0.15, -0.1) is 0 Å². The zero-order valence-corrected chi connectivity index (χ0v) is 32.1. The fraction of sp³-hybridized carbons (Fsp3) is 0.548. The number of carbonyl (C=O) groups is 1. The van der Waals surface area contributed by atoms with E-state index < -0.39 is 5.54 Å². The van der Waals surface area contributed by atoms with Gasteiger partial charge in [-0.05, 0) is 51.5 Å². The smallest absolute Gasteiger partial charge is 0.255 e. The summed E-state index contributed by atoms with van der Waals surface area (Å²) in [6.07, 6.45) is 0. The van der Waals surface area contributed by atoms with E-state index in [0.29, 0.717) is 92.2 Å². The van der Waals surface area contributed by atoms with Crippen LogP contribution in [0.3, 0.4) is 0 Å². The Balaban J connectivity index is 1.35. The molecule has 1 amide bonds. The number of anilines is 2. The summed E-state index contributed by atoms with van der Waals surface area (Å²) in [5.41, 5.74) is 5.00. The molecule has 53 heavy (non-hydrogen) atoms. The molecule has 3 aromatic rings. The van der Waals surface area contributed by atoms with E-state index >= 15 is 0 Å². The predicted octanol–water partition coefficient (Wildman–Crippen LogP) is 5.63. The highest BCUT2D eigenvalue weighted by atomic mass is 16.6. The number of nitrogens with zero attached hydrogens (tertiary/aromatic N) is 4. The van der Waals surface area contributed by atoms with Crippen molar-refractivity contribution >= 4 is 17.3 Å². The second-order valence-electron chi connectivity index (χ2n) is 13.4. The van der Waals surface area contributed by atoms with Crippen LogP contribution in [0.2, 0.25) is 0 Å². The molecular weight excluding hydrogens is 672 g/mol. The second kappa shape index (κ2) is 19.1. The van der Waals surface area contributed by atoms with Crippen molar-refractivity contribution in [2.45, 2.75) is 33.2 Å². The van der Waals surface area contributed by atoms with Gasteiger partial charge in [0.25, 0.3) is 5.91 Å². The molecule has 1 spiro atoms. The first kappa shape index (κ1) is 39.0. The molecule has 1 saturated heterocycles. The average Bonchev–Trinajstić information content (AvgIpc) is 3.42. The van der Waals surface area contributed by atoms with E-state index in [4.69, 9.17) is 28.4 Å². The van der Waals surface area contributed by atoms with Gasteiger partial charge in [0, 0.05) is 92.6 Å². The highest BCUT2D eigenvalue weighted by molar-refractivity contribution is 6.02. The number of amides is 1. The molecule has 11 heteroatoms. The number of hydrogen-bond donors (Lipinski definition) is 0. The predicted molar refractivity (Wildman–Crippen MR) is 208 cm³/mol. The number of benzene rings is 3. The molecule has 0 bridgehead atoms. The molecule has 0 aliphatic carbocycles. The van der Waals surface area contributed by atoms with Crippen LogP contribution in [-0.4, -0.2) is 134 Å². The van der Waals surface area contributed by atoms with Crippen LogP contribution in [-0.2, 0) is 29.2 Å². The van der Waals surface area contributed by atoms with E-state index in [9.17, 15) is 4.79 Å². The minimum absolute atomic E-state index is 0.0206. The van der Waals surface area contributed by atoms with E-state index in [1.165, 1.54) is 0 Å². The zero-order chi connectivity index (χ0) is 37.0. The fourth-order valence-electron chi connectivity index (χ4n) is 7.85. The molecule has 0 saturated carbocycles. The lowest BCUT2D eigenvalue weighted by atomic mass is 9.74. The first-order chi connectivity index (χ1) is 26.1. The Kier molecular flexibility index (Phi) is 14.0. The molecule has 3 aromatic carbocycles. The summed E-state index contributed by atoms with van der Waals surface area (Å²) < 4.78 is 35.7. The van der Waals surface area contributed by atoms with Crippen molar-refractivity contribution in [2.24, 2.45) is 0 Å². The van der Waals surface area contributed by atoms with Gasteiger partial charge in [0.15, 0.2) is 0 Å². The maximum Gasteiger partial charge on any atom is 0.255 e. The molecule has 3 heterocycles. The number of hydrogen-bond acceptors (Lipinski definition) is 10. The first-order valence-corrected chi connectivity index (χ1v) is 19.6. The summed E-state index contributed by atoms with van der Waals surface area (Å²) in [6, 6.07) is 21.1. The number of fused-ring (bicyclic) bond motifs is 6. The molecule has 288 valence electrons. The van der Waals surface area contributed by atoms with Gasteiger partial charge in [0.05, 0.1) is 66.1 Å². The first-order valence-electron chi connectivity index (χ1n) is 19.6. The SMILES string of the molecule is CCN(CC)c1ccc2c(c1)Oc1cc(N(CC)CC)ccc1C21c2ccccc2C(=O)N1CCN1CCOCCOCCOCCOCCOCC1. The maximum atomic E-state index is 14.8. The fourth-order valence-corrected chi connectivity index (χ4v) is 7.85. The van der Waals surface area contributed by atoms with Gasteiger partial charge < -0.3 is 43.1 Å². The maximum absolute atomic E-state index is 14.8. The highest BCUT2D eigenvalue weighted by Crippen LogP contribution is 2.58. The molecule has 6 rings (SSSR count). The third-order valence-electron chi connectivity index (χ3n) is 10.6. The third-order valence-corrected chi connectivity index (χ3v) is 10.6. The van der Waals surface area contributed by atoms with Gasteiger partial charge in [0.1, 0.15) is 17.0 Å². The molecule has 11 nitrogen and oxygen atoms in total. The third kappa shape index (κ3) is 8.51. The van der Waals surface area contributed by atoms with Crippen molar-refractivity contribution in [3.8, 4) is 11.5 Å². The Labute approximate surface area is 315 Å². The molecule has 3 aliphatic heterocycles. The van der Waals surface area contributed by atoms with E-state index in [1.807, 2.05) is 18.2 Å². The Hall–Kier alpha value is -3.71. The van der Waals surface area contributed by atoms with Crippen molar-refractivity contribution in [3.63, 3.8) is 0 Å². The van der Waals surface area contributed by atoms with Gasteiger partial charge in [-0.25, -0.2) is 0 Å². The van der Waals surface area contributed by atoms with Crippen LogP contribution >= 0.6 is 0 Å². The summed E-state index contributed by atoms with van der Waals surface area (Å²) in [6.45, 7) is 20.0. The lowest BCUT2D eigenvalue weighted by Crippen LogP contribution is -2.50. The summed E-state index contributed by atoms with van der Waals surface area (Å²) in [7, 11) is 0. The Bertz CT molecular complexity index is 1550. The lowest BCUT2D eigenvalue weighted by molar-refractivity contribution is -0.0190. The average molecular weight is 731 g/mol. The lowest BCUT2D eigenvalue weighted by Gasteiger charge is -2.45. The number of carbonyl (C=O) groups excluding carboxylic acids is 1. The van der Waals surface area contributed by atoms with Crippen LogP contribution in [0.5, 0.6) is 11.5 Å². The van der Waals surface area contributed by atoms with Crippen molar-refractivity contribution in [3.05, 3.63) is 82.9 Å².